The number of carbonyl (C=O) groups is 2. The molecule has 0 spiro atoms. The zero-order valence-electron chi connectivity index (χ0n) is 15.7. The van der Waals surface area contributed by atoms with E-state index in [4.69, 9.17) is 13.2 Å². The molecule has 0 fully saturated rings. The Morgan fingerprint density at radius 1 is 1.08 bits per heavy atom. The van der Waals surface area contributed by atoms with Gasteiger partial charge in [0.15, 0.2) is 0 Å². The van der Waals surface area contributed by atoms with Crippen molar-refractivity contribution in [1.29, 1.82) is 0 Å². The highest BCUT2D eigenvalue weighted by Gasteiger charge is 2.15. The van der Waals surface area contributed by atoms with E-state index in [-0.39, 0.29) is 6.61 Å². The number of benzene rings is 2. The van der Waals surface area contributed by atoms with E-state index in [1.165, 1.54) is 11.8 Å². The molecule has 0 saturated heterocycles. The van der Waals surface area contributed by atoms with E-state index in [2.05, 4.69) is 0 Å². The minimum atomic E-state index is -2.65. The fourth-order valence-electron chi connectivity index (χ4n) is 1.92. The average molecular weight is 360 g/mol. The number of amides is 1. The normalized spacial score (nSPS) is 13.3. The lowest BCUT2D eigenvalue weighted by molar-refractivity contribution is -0.145. The third kappa shape index (κ3) is 7.41. The van der Waals surface area contributed by atoms with E-state index in [1.807, 2.05) is 41.7 Å². The highest BCUT2D eigenvalue weighted by molar-refractivity contribution is 7.98. The number of hydrogen-bond acceptors (Lipinski definition) is 5. The molecule has 0 aliphatic heterocycles. The van der Waals surface area contributed by atoms with Crippen molar-refractivity contribution in [3.05, 3.63) is 71.8 Å². The molecule has 3 N–H and O–H groups in total. The Bertz CT molecular complexity index is 745. The molecule has 1 amide bonds. The fourth-order valence-corrected chi connectivity index (χ4v) is 2.87. The minimum Gasteiger partial charge on any atom is -0.460 e. The lowest BCUT2D eigenvalue weighted by Crippen LogP contribution is -2.44. The molecule has 0 heterocycles. The van der Waals surface area contributed by atoms with Gasteiger partial charge in [0, 0.05) is 11.5 Å². The zero-order chi connectivity index (χ0) is 19.7. The van der Waals surface area contributed by atoms with Crippen LogP contribution in [0.15, 0.2) is 60.7 Å². The van der Waals surface area contributed by atoms with Gasteiger partial charge in [-0.15, -0.1) is 0 Å². The number of nitrogens with one attached hydrogen (secondary N) is 1. The molecule has 0 saturated carbocycles. The predicted molar refractivity (Wildman–Crippen MR) is 99.8 cm³/mol. The van der Waals surface area contributed by atoms with Gasteiger partial charge in [0.05, 0.1) is 8.78 Å². The molecular weight excluding hydrogens is 336 g/mol. The first-order valence-electron chi connectivity index (χ1n) is 8.79. The largest absolute Gasteiger partial charge is 0.460 e. The minimum absolute atomic E-state index is 0.0754. The maximum atomic E-state index is 12.1. The molecule has 0 bridgehead atoms. The van der Waals surface area contributed by atoms with Crippen LogP contribution in [0.25, 0.3) is 0 Å². The van der Waals surface area contributed by atoms with Gasteiger partial charge in [-0.2, -0.15) is 11.8 Å². The van der Waals surface area contributed by atoms with Crippen LogP contribution in [0.2, 0.25) is 0 Å². The van der Waals surface area contributed by atoms with Crippen LogP contribution in [0.4, 0.5) is 0 Å². The van der Waals surface area contributed by atoms with E-state index >= 15 is 0 Å². The van der Waals surface area contributed by atoms with Crippen molar-refractivity contribution in [3.8, 4) is 0 Å². The zero-order valence-corrected chi connectivity index (χ0v) is 14.5. The topological polar surface area (TPSA) is 81.4 Å². The van der Waals surface area contributed by atoms with Crippen LogP contribution < -0.4 is 11.1 Å². The summed E-state index contributed by atoms with van der Waals surface area (Å²) in [5.41, 5.74) is 7.63. The molecule has 0 aliphatic carbocycles. The number of nitrogens with two attached hydrogens (primary N) is 1. The van der Waals surface area contributed by atoms with Crippen LogP contribution in [-0.4, -0.2) is 30.2 Å². The van der Waals surface area contributed by atoms with Gasteiger partial charge < -0.3 is 15.8 Å². The van der Waals surface area contributed by atoms with E-state index in [1.54, 1.807) is 24.3 Å². The molecule has 0 aliphatic rings. The summed E-state index contributed by atoms with van der Waals surface area (Å²) in [6, 6.07) is 17.7. The number of carbonyl (C=O) groups excluding carboxylic acids is 2. The lowest BCUT2D eigenvalue weighted by atomic mass is 10.2. The van der Waals surface area contributed by atoms with Gasteiger partial charge in [0.1, 0.15) is 13.1 Å². The molecule has 6 heteroatoms. The molecule has 2 aromatic rings. The molecule has 132 valence electrons. The Labute approximate surface area is 154 Å². The van der Waals surface area contributed by atoms with Crippen LogP contribution in [-0.2, 0) is 26.7 Å². The van der Waals surface area contributed by atoms with Crippen molar-refractivity contribution < 1.29 is 17.1 Å². The highest BCUT2D eigenvalue weighted by Crippen LogP contribution is 2.12. The molecule has 0 radical (unpaired) electrons. The van der Waals surface area contributed by atoms with Gasteiger partial charge >= 0.3 is 5.97 Å². The summed E-state index contributed by atoms with van der Waals surface area (Å²) in [6.45, 7) is -2.72. The van der Waals surface area contributed by atoms with Gasteiger partial charge in [0.25, 0.3) is 0 Å². The van der Waals surface area contributed by atoms with E-state index in [0.29, 0.717) is 11.5 Å². The fraction of sp³-hybridized carbons (Fsp3) is 0.263. The molecule has 25 heavy (non-hydrogen) atoms. The summed E-state index contributed by atoms with van der Waals surface area (Å²) >= 11 is 1.46. The summed E-state index contributed by atoms with van der Waals surface area (Å²) in [5, 5.41) is 2.02. The second-order valence-corrected chi connectivity index (χ2v) is 6.31. The van der Waals surface area contributed by atoms with Gasteiger partial charge in [-0.3, -0.25) is 9.59 Å². The van der Waals surface area contributed by atoms with Crippen LogP contribution in [0.3, 0.4) is 0 Å². The molecule has 1 atom stereocenters. The maximum absolute atomic E-state index is 12.1. The van der Waals surface area contributed by atoms with Crippen LogP contribution in [0.5, 0.6) is 0 Å². The Hall–Kier alpha value is -2.31. The summed E-state index contributed by atoms with van der Waals surface area (Å²) < 4.78 is 20.4. The van der Waals surface area contributed by atoms with Crippen LogP contribution >= 0.6 is 11.8 Å². The molecule has 5 nitrogen and oxygen atoms in total. The number of rotatable bonds is 9. The van der Waals surface area contributed by atoms with Gasteiger partial charge in [-0.1, -0.05) is 60.7 Å². The molecule has 2 aromatic carbocycles. The van der Waals surface area contributed by atoms with Crippen molar-refractivity contribution in [3.63, 3.8) is 0 Å². The summed E-state index contributed by atoms with van der Waals surface area (Å²) in [4.78, 5) is 24.0. The van der Waals surface area contributed by atoms with Crippen LogP contribution in [0.1, 0.15) is 13.9 Å². The van der Waals surface area contributed by atoms with Crippen molar-refractivity contribution in [1.82, 2.24) is 5.32 Å². The standard InChI is InChI=1S/C19H22N2O3S/c20-17(14-25-13-16-9-5-2-6-10-16)19(23)21-11-18(22)24-12-15-7-3-1-4-8-15/h1-10,17H,11-14,20H2,(H,21,23)/t17-/m0/s1/i11D2. The highest BCUT2D eigenvalue weighted by atomic mass is 32.2. The van der Waals surface area contributed by atoms with Crippen molar-refractivity contribution in [2.45, 2.75) is 18.4 Å². The summed E-state index contributed by atoms with van der Waals surface area (Å²) in [7, 11) is 0. The number of esters is 1. The summed E-state index contributed by atoms with van der Waals surface area (Å²) in [6.07, 6.45) is 0. The van der Waals surface area contributed by atoms with E-state index in [0.717, 1.165) is 11.1 Å². The Balaban J connectivity index is 1.76. The molecular formula is C19H22N2O3S. The second kappa shape index (κ2) is 10.5. The second-order valence-electron chi connectivity index (χ2n) is 5.28. The van der Waals surface area contributed by atoms with Gasteiger partial charge in [0.2, 0.25) is 5.91 Å². The smallest absolute Gasteiger partial charge is 0.325 e. The molecule has 2 rings (SSSR count). The molecule has 0 unspecified atom stereocenters. The Morgan fingerprint density at radius 3 is 2.32 bits per heavy atom. The Kier molecular flexibility index (Phi) is 6.81. The summed E-state index contributed by atoms with van der Waals surface area (Å²) in [5.74, 6) is -0.912. The molecule has 0 aromatic heterocycles. The monoisotopic (exact) mass is 360 g/mol. The first kappa shape index (κ1) is 16.2. The first-order valence-corrected chi connectivity index (χ1v) is 8.94. The predicted octanol–water partition coefficient (Wildman–Crippen LogP) is 2.11. The SMILES string of the molecule is [2H]C([2H])(NC(=O)[C@@H](N)CSCc1ccccc1)C(=O)OCc1ccccc1. The first-order chi connectivity index (χ1) is 12.9. The number of ether oxygens (including phenoxy) is 1. The van der Waals surface area contributed by atoms with Gasteiger partial charge in [-0.05, 0) is 11.1 Å². The average Bonchev–Trinajstić information content (AvgIpc) is 2.67. The third-order valence-corrected chi connectivity index (χ3v) is 4.38. The van der Waals surface area contributed by atoms with Gasteiger partial charge in [-0.25, -0.2) is 0 Å². The number of hydrogen-bond donors (Lipinski definition) is 2. The van der Waals surface area contributed by atoms with Crippen molar-refractivity contribution >= 4 is 23.6 Å². The van der Waals surface area contributed by atoms with Crippen molar-refractivity contribution in [2.24, 2.45) is 5.73 Å². The third-order valence-electron chi connectivity index (χ3n) is 3.25. The van der Waals surface area contributed by atoms with E-state index in [9.17, 15) is 9.59 Å². The van der Waals surface area contributed by atoms with E-state index < -0.39 is 24.4 Å². The Morgan fingerprint density at radius 2 is 1.68 bits per heavy atom. The number of thioether (sulfide) groups is 1. The quantitative estimate of drug-likeness (QED) is 0.670. The van der Waals surface area contributed by atoms with Crippen LogP contribution in [0, 0.1) is 0 Å². The lowest BCUT2D eigenvalue weighted by Gasteiger charge is -2.12. The maximum Gasteiger partial charge on any atom is 0.325 e. The van der Waals surface area contributed by atoms with Crippen molar-refractivity contribution in [2.75, 3.05) is 12.2 Å².